The van der Waals surface area contributed by atoms with Gasteiger partial charge in [0, 0.05) is 30.9 Å². The summed E-state index contributed by atoms with van der Waals surface area (Å²) in [6.07, 6.45) is 5.15. The number of hydrogen-bond donors (Lipinski definition) is 0. The summed E-state index contributed by atoms with van der Waals surface area (Å²) in [5.74, 6) is 0. The van der Waals surface area contributed by atoms with E-state index in [0.717, 1.165) is 23.4 Å². The van der Waals surface area contributed by atoms with Gasteiger partial charge in [-0.25, -0.2) is 4.98 Å². The molecule has 0 aromatic carbocycles. The summed E-state index contributed by atoms with van der Waals surface area (Å²) in [7, 11) is 1.99. The van der Waals surface area contributed by atoms with Crippen LogP contribution in [-0.4, -0.2) is 21.3 Å². The second kappa shape index (κ2) is 5.54. The average molecular weight is 283 g/mol. The normalized spacial score (nSPS) is 11.4. The Morgan fingerprint density at radius 2 is 2.14 bits per heavy atom. The Morgan fingerprint density at radius 1 is 1.29 bits per heavy atom. The van der Waals surface area contributed by atoms with Crippen molar-refractivity contribution in [2.24, 2.45) is 0 Å². The molecule has 3 rings (SSSR count). The van der Waals surface area contributed by atoms with Crippen LogP contribution in [0.1, 0.15) is 16.8 Å². The molecule has 0 aliphatic heterocycles. The SMILES string of the molecule is Cc1ccn2c(=O)cc(CN(C)Cc3ccoc3)nc2c1. The summed E-state index contributed by atoms with van der Waals surface area (Å²) in [5, 5.41) is 0. The van der Waals surface area contributed by atoms with Crippen molar-refractivity contribution in [3.63, 3.8) is 0 Å². The lowest BCUT2D eigenvalue weighted by atomic mass is 10.2. The van der Waals surface area contributed by atoms with Gasteiger partial charge in [0.25, 0.3) is 5.56 Å². The molecule has 3 aromatic rings. The molecule has 108 valence electrons. The van der Waals surface area contributed by atoms with Gasteiger partial charge in [-0.05, 0) is 37.7 Å². The van der Waals surface area contributed by atoms with Gasteiger partial charge in [-0.2, -0.15) is 0 Å². The Morgan fingerprint density at radius 3 is 2.90 bits per heavy atom. The van der Waals surface area contributed by atoms with Crippen molar-refractivity contribution < 1.29 is 4.42 Å². The summed E-state index contributed by atoms with van der Waals surface area (Å²) in [4.78, 5) is 18.8. The van der Waals surface area contributed by atoms with Crippen molar-refractivity contribution >= 4 is 5.65 Å². The molecule has 0 bridgehead atoms. The zero-order valence-corrected chi connectivity index (χ0v) is 12.1. The van der Waals surface area contributed by atoms with Crippen LogP contribution in [0.4, 0.5) is 0 Å². The molecule has 0 spiro atoms. The average Bonchev–Trinajstić information content (AvgIpc) is 2.90. The summed E-state index contributed by atoms with van der Waals surface area (Å²) in [6, 6.07) is 7.35. The fraction of sp³-hybridized carbons (Fsp3) is 0.250. The molecule has 5 heteroatoms. The van der Waals surface area contributed by atoms with Gasteiger partial charge in [0.15, 0.2) is 0 Å². The Bertz CT molecular complexity index is 806. The molecule has 0 N–H and O–H groups in total. The van der Waals surface area contributed by atoms with Gasteiger partial charge in [0.1, 0.15) is 5.65 Å². The number of fused-ring (bicyclic) bond motifs is 1. The second-order valence-corrected chi connectivity index (χ2v) is 5.32. The van der Waals surface area contributed by atoms with Crippen LogP contribution in [0, 0.1) is 6.92 Å². The van der Waals surface area contributed by atoms with Crippen molar-refractivity contribution in [1.29, 1.82) is 0 Å². The van der Waals surface area contributed by atoms with Crippen molar-refractivity contribution in [3.05, 3.63) is 70.2 Å². The van der Waals surface area contributed by atoms with E-state index in [0.29, 0.717) is 12.2 Å². The van der Waals surface area contributed by atoms with Crippen LogP contribution in [0.3, 0.4) is 0 Å². The minimum absolute atomic E-state index is 0.0493. The fourth-order valence-corrected chi connectivity index (χ4v) is 2.36. The van der Waals surface area contributed by atoms with Crippen molar-refractivity contribution in [3.8, 4) is 0 Å². The van der Waals surface area contributed by atoms with E-state index in [1.165, 1.54) is 0 Å². The predicted octanol–water partition coefficient (Wildman–Crippen LogP) is 2.23. The van der Waals surface area contributed by atoms with Crippen LogP contribution in [0.2, 0.25) is 0 Å². The maximum absolute atomic E-state index is 12.1. The quantitative estimate of drug-likeness (QED) is 0.737. The van der Waals surface area contributed by atoms with Crippen LogP contribution in [-0.2, 0) is 13.1 Å². The van der Waals surface area contributed by atoms with E-state index in [2.05, 4.69) is 9.88 Å². The molecular formula is C16H17N3O2. The Hall–Kier alpha value is -2.40. The van der Waals surface area contributed by atoms with Gasteiger partial charge in [-0.15, -0.1) is 0 Å². The number of hydrogen-bond acceptors (Lipinski definition) is 4. The molecule has 0 amide bonds. The monoisotopic (exact) mass is 283 g/mol. The molecule has 0 aliphatic carbocycles. The van der Waals surface area contributed by atoms with Gasteiger partial charge in [0.2, 0.25) is 0 Å². The third-order valence-electron chi connectivity index (χ3n) is 3.34. The highest BCUT2D eigenvalue weighted by atomic mass is 16.3. The number of furan rings is 1. The van der Waals surface area contributed by atoms with Crippen molar-refractivity contribution in [1.82, 2.24) is 14.3 Å². The molecule has 0 fully saturated rings. The topological polar surface area (TPSA) is 50.8 Å². The van der Waals surface area contributed by atoms with Crippen LogP contribution >= 0.6 is 0 Å². The summed E-state index contributed by atoms with van der Waals surface area (Å²) in [5.41, 5.74) is 3.61. The molecule has 3 aromatic heterocycles. The first-order valence-electron chi connectivity index (χ1n) is 6.80. The molecular weight excluding hydrogens is 266 g/mol. The number of aryl methyl sites for hydroxylation is 1. The second-order valence-electron chi connectivity index (χ2n) is 5.32. The zero-order valence-electron chi connectivity index (χ0n) is 12.1. The van der Waals surface area contributed by atoms with Gasteiger partial charge in [0.05, 0.1) is 18.2 Å². The van der Waals surface area contributed by atoms with Crippen molar-refractivity contribution in [2.45, 2.75) is 20.0 Å². The highest BCUT2D eigenvalue weighted by Gasteiger charge is 2.07. The molecule has 0 saturated heterocycles. The highest BCUT2D eigenvalue weighted by molar-refractivity contribution is 5.41. The van der Waals surface area contributed by atoms with E-state index in [1.807, 2.05) is 32.2 Å². The molecule has 21 heavy (non-hydrogen) atoms. The van der Waals surface area contributed by atoms with E-state index < -0.39 is 0 Å². The Kier molecular flexibility index (Phi) is 3.58. The molecule has 0 aliphatic rings. The molecule has 0 radical (unpaired) electrons. The lowest BCUT2D eigenvalue weighted by Crippen LogP contribution is -2.21. The number of pyridine rings is 1. The lowest BCUT2D eigenvalue weighted by molar-refractivity contribution is 0.314. The largest absolute Gasteiger partial charge is 0.472 e. The standard InChI is InChI=1S/C16H17N3O2/c1-12-3-5-19-15(7-12)17-14(8-16(19)20)10-18(2)9-13-4-6-21-11-13/h3-8,11H,9-10H2,1-2H3. The third-order valence-corrected chi connectivity index (χ3v) is 3.34. The maximum Gasteiger partial charge on any atom is 0.258 e. The minimum atomic E-state index is -0.0493. The van der Waals surface area contributed by atoms with Crippen LogP contribution in [0.15, 0.2) is 52.2 Å². The van der Waals surface area contributed by atoms with E-state index >= 15 is 0 Å². The summed E-state index contributed by atoms with van der Waals surface area (Å²) in [6.45, 7) is 3.36. The van der Waals surface area contributed by atoms with Crippen molar-refractivity contribution in [2.75, 3.05) is 7.05 Å². The first-order valence-corrected chi connectivity index (χ1v) is 6.80. The predicted molar refractivity (Wildman–Crippen MR) is 80.1 cm³/mol. The van der Waals surface area contributed by atoms with Gasteiger partial charge < -0.3 is 4.42 Å². The molecule has 0 unspecified atom stereocenters. The van der Waals surface area contributed by atoms with Crippen LogP contribution < -0.4 is 5.56 Å². The van der Waals surface area contributed by atoms with E-state index in [4.69, 9.17) is 4.42 Å². The molecule has 5 nitrogen and oxygen atoms in total. The van der Waals surface area contributed by atoms with Crippen LogP contribution in [0.5, 0.6) is 0 Å². The smallest absolute Gasteiger partial charge is 0.258 e. The Balaban J connectivity index is 1.85. The van der Waals surface area contributed by atoms with Crippen LogP contribution in [0.25, 0.3) is 5.65 Å². The summed E-state index contributed by atoms with van der Waals surface area (Å²) >= 11 is 0. The van der Waals surface area contributed by atoms with Gasteiger partial charge in [-0.1, -0.05) is 0 Å². The molecule has 0 atom stereocenters. The van der Waals surface area contributed by atoms with E-state index in [9.17, 15) is 4.79 Å². The third kappa shape index (κ3) is 3.03. The summed E-state index contributed by atoms with van der Waals surface area (Å²) < 4.78 is 6.62. The van der Waals surface area contributed by atoms with Gasteiger partial charge in [-0.3, -0.25) is 14.1 Å². The molecule has 3 heterocycles. The zero-order chi connectivity index (χ0) is 14.8. The first kappa shape index (κ1) is 13.6. The fourth-order valence-electron chi connectivity index (χ4n) is 2.36. The lowest BCUT2D eigenvalue weighted by Gasteiger charge is -2.15. The van der Waals surface area contributed by atoms with Gasteiger partial charge >= 0.3 is 0 Å². The molecule has 0 saturated carbocycles. The Labute approximate surface area is 122 Å². The maximum atomic E-state index is 12.1. The highest BCUT2D eigenvalue weighted by Crippen LogP contribution is 2.08. The van der Waals surface area contributed by atoms with E-state index in [-0.39, 0.29) is 5.56 Å². The number of rotatable bonds is 4. The first-order chi connectivity index (χ1) is 10.1. The number of aromatic nitrogens is 2. The van der Waals surface area contributed by atoms with E-state index in [1.54, 1.807) is 29.2 Å². The minimum Gasteiger partial charge on any atom is -0.472 e. The number of nitrogens with zero attached hydrogens (tertiary/aromatic N) is 3.